The molecule has 0 saturated heterocycles. The standard InChI is InChI=1S/C31H33FN4O3/c1-20-16-27(24-6-4-5-7-26(24)34-20)35-31(37)33-13-15-36-14-12-22-18-29(38-2)30(39-3)19-25(22)28(36)17-21-8-10-23(32)11-9-21/h4-11,16,18-19,28H,12-15,17H2,1-3H3,(H2,33,34,35,37). The first-order valence-electron chi connectivity index (χ1n) is 13.1. The number of para-hydroxylation sites is 1. The molecule has 5 rings (SSSR count). The van der Waals surface area contributed by atoms with Crippen LogP contribution in [-0.2, 0) is 12.8 Å². The predicted octanol–water partition coefficient (Wildman–Crippen LogP) is 5.66. The second-order valence-corrected chi connectivity index (χ2v) is 9.75. The van der Waals surface area contributed by atoms with Crippen LogP contribution in [0, 0.1) is 12.7 Å². The lowest BCUT2D eigenvalue weighted by Gasteiger charge is -2.38. The van der Waals surface area contributed by atoms with Crippen LogP contribution in [0.1, 0.15) is 28.4 Å². The highest BCUT2D eigenvalue weighted by Crippen LogP contribution is 2.39. The number of hydrogen-bond donors (Lipinski definition) is 2. The van der Waals surface area contributed by atoms with Gasteiger partial charge in [0.15, 0.2) is 11.5 Å². The fourth-order valence-electron chi connectivity index (χ4n) is 5.32. The van der Waals surface area contributed by atoms with Crippen LogP contribution < -0.4 is 20.1 Å². The maximum Gasteiger partial charge on any atom is 0.319 e. The number of carbonyl (C=O) groups excluding carboxylic acids is 1. The second-order valence-electron chi connectivity index (χ2n) is 9.75. The highest BCUT2D eigenvalue weighted by Gasteiger charge is 2.29. The summed E-state index contributed by atoms with van der Waals surface area (Å²) in [5.41, 5.74) is 5.83. The van der Waals surface area contributed by atoms with E-state index in [1.807, 2.05) is 55.5 Å². The van der Waals surface area contributed by atoms with E-state index >= 15 is 0 Å². The summed E-state index contributed by atoms with van der Waals surface area (Å²) in [7, 11) is 3.28. The van der Waals surface area contributed by atoms with Crippen LogP contribution >= 0.6 is 0 Å². The van der Waals surface area contributed by atoms with Crippen molar-refractivity contribution in [1.82, 2.24) is 15.2 Å². The average Bonchev–Trinajstić information content (AvgIpc) is 2.94. The number of anilines is 1. The van der Waals surface area contributed by atoms with Gasteiger partial charge in [0, 0.05) is 36.8 Å². The third kappa shape index (κ3) is 5.96. The van der Waals surface area contributed by atoms with Crippen LogP contribution in [0.25, 0.3) is 10.9 Å². The molecule has 8 heteroatoms. The molecule has 1 aromatic heterocycles. The number of methoxy groups -OCH3 is 2. The van der Waals surface area contributed by atoms with E-state index in [-0.39, 0.29) is 17.9 Å². The first kappa shape index (κ1) is 26.4. The molecule has 7 nitrogen and oxygen atoms in total. The van der Waals surface area contributed by atoms with Crippen molar-refractivity contribution in [2.24, 2.45) is 0 Å². The maximum atomic E-state index is 13.6. The van der Waals surface area contributed by atoms with Gasteiger partial charge in [-0.15, -0.1) is 0 Å². The number of nitrogens with one attached hydrogen (secondary N) is 2. The summed E-state index contributed by atoms with van der Waals surface area (Å²) in [4.78, 5) is 19.7. The number of nitrogens with zero attached hydrogens (tertiary/aromatic N) is 2. The van der Waals surface area contributed by atoms with Crippen LogP contribution in [0.5, 0.6) is 11.5 Å². The van der Waals surface area contributed by atoms with Crippen LogP contribution in [0.4, 0.5) is 14.9 Å². The molecule has 3 aromatic carbocycles. The summed E-state index contributed by atoms with van der Waals surface area (Å²) in [6, 6.07) is 20.2. The van der Waals surface area contributed by atoms with E-state index in [1.54, 1.807) is 14.2 Å². The molecule has 2 N–H and O–H groups in total. The Balaban J connectivity index is 1.31. The van der Waals surface area contributed by atoms with Gasteiger partial charge >= 0.3 is 6.03 Å². The molecule has 0 bridgehead atoms. The smallest absolute Gasteiger partial charge is 0.319 e. The van der Waals surface area contributed by atoms with Crippen LogP contribution in [0.15, 0.2) is 66.7 Å². The van der Waals surface area contributed by atoms with Crippen molar-refractivity contribution in [2.75, 3.05) is 39.2 Å². The summed E-state index contributed by atoms with van der Waals surface area (Å²) < 4.78 is 24.7. The summed E-state index contributed by atoms with van der Waals surface area (Å²) in [5, 5.41) is 6.90. The summed E-state index contributed by atoms with van der Waals surface area (Å²) >= 11 is 0. The largest absolute Gasteiger partial charge is 0.493 e. The fourth-order valence-corrected chi connectivity index (χ4v) is 5.32. The van der Waals surface area contributed by atoms with Crippen molar-refractivity contribution >= 4 is 22.6 Å². The zero-order valence-corrected chi connectivity index (χ0v) is 22.5. The number of aromatic nitrogens is 1. The Morgan fingerprint density at radius 3 is 2.56 bits per heavy atom. The van der Waals surface area contributed by atoms with Crippen LogP contribution in [-0.4, -0.2) is 49.8 Å². The monoisotopic (exact) mass is 528 g/mol. The third-order valence-corrected chi connectivity index (χ3v) is 7.23. The number of urea groups is 1. The number of rotatable bonds is 8. The number of benzene rings is 3. The molecule has 2 amide bonds. The molecular weight excluding hydrogens is 495 g/mol. The van der Waals surface area contributed by atoms with Gasteiger partial charge in [-0.1, -0.05) is 30.3 Å². The van der Waals surface area contributed by atoms with E-state index in [2.05, 4.69) is 26.6 Å². The van der Waals surface area contributed by atoms with Crippen molar-refractivity contribution in [3.63, 3.8) is 0 Å². The molecule has 0 aliphatic carbocycles. The number of carbonyl (C=O) groups is 1. The first-order chi connectivity index (χ1) is 18.9. The average molecular weight is 529 g/mol. The summed E-state index contributed by atoms with van der Waals surface area (Å²) in [5.74, 6) is 1.14. The molecule has 1 unspecified atom stereocenters. The molecule has 2 heterocycles. The first-order valence-corrected chi connectivity index (χ1v) is 13.1. The third-order valence-electron chi connectivity index (χ3n) is 7.23. The van der Waals surface area contributed by atoms with Gasteiger partial charge in [-0.05, 0) is 72.9 Å². The Morgan fingerprint density at radius 2 is 1.79 bits per heavy atom. The Kier molecular flexibility index (Phi) is 7.93. The van der Waals surface area contributed by atoms with E-state index in [4.69, 9.17) is 9.47 Å². The highest BCUT2D eigenvalue weighted by atomic mass is 19.1. The van der Waals surface area contributed by atoms with Crippen molar-refractivity contribution in [1.29, 1.82) is 0 Å². The molecule has 1 atom stereocenters. The molecule has 202 valence electrons. The Hall–Kier alpha value is -4.17. The quantitative estimate of drug-likeness (QED) is 0.309. The predicted molar refractivity (Wildman–Crippen MR) is 151 cm³/mol. The van der Waals surface area contributed by atoms with Gasteiger partial charge in [0.1, 0.15) is 5.82 Å². The number of halogens is 1. The zero-order chi connectivity index (χ0) is 27.4. The van der Waals surface area contributed by atoms with Gasteiger partial charge in [-0.25, -0.2) is 9.18 Å². The number of ether oxygens (including phenoxy) is 2. The Morgan fingerprint density at radius 1 is 1.05 bits per heavy atom. The number of amides is 2. The van der Waals surface area contributed by atoms with Gasteiger partial charge < -0.3 is 20.1 Å². The molecule has 0 fully saturated rings. The SMILES string of the molecule is COc1cc2c(cc1OC)C(Cc1ccc(F)cc1)N(CCNC(=O)Nc1cc(C)nc3ccccc13)CC2. The van der Waals surface area contributed by atoms with Gasteiger partial charge in [0.25, 0.3) is 0 Å². The second kappa shape index (κ2) is 11.7. The van der Waals surface area contributed by atoms with E-state index in [0.717, 1.165) is 46.4 Å². The van der Waals surface area contributed by atoms with Crippen LogP contribution in [0.2, 0.25) is 0 Å². The van der Waals surface area contributed by atoms with Crippen molar-refractivity contribution < 1.29 is 18.7 Å². The summed E-state index contributed by atoms with van der Waals surface area (Å²) in [6.45, 7) is 3.86. The highest BCUT2D eigenvalue weighted by molar-refractivity contribution is 6.00. The van der Waals surface area contributed by atoms with Gasteiger partial charge in [0.2, 0.25) is 0 Å². The minimum atomic E-state index is -0.260. The lowest BCUT2D eigenvalue weighted by Crippen LogP contribution is -2.42. The number of pyridine rings is 1. The molecule has 0 radical (unpaired) electrons. The normalized spacial score (nSPS) is 15.0. The maximum absolute atomic E-state index is 13.6. The fraction of sp³-hybridized carbons (Fsp3) is 0.290. The molecule has 0 saturated carbocycles. The number of hydrogen-bond acceptors (Lipinski definition) is 5. The molecular formula is C31H33FN4O3. The minimum Gasteiger partial charge on any atom is -0.493 e. The van der Waals surface area contributed by atoms with Crippen molar-refractivity contribution in [3.8, 4) is 11.5 Å². The molecule has 4 aromatic rings. The van der Waals surface area contributed by atoms with Gasteiger partial charge in [-0.3, -0.25) is 9.88 Å². The number of fused-ring (bicyclic) bond motifs is 2. The summed E-state index contributed by atoms with van der Waals surface area (Å²) in [6.07, 6.45) is 1.56. The van der Waals surface area contributed by atoms with Crippen molar-refractivity contribution in [2.45, 2.75) is 25.8 Å². The van der Waals surface area contributed by atoms with Crippen LogP contribution in [0.3, 0.4) is 0 Å². The van der Waals surface area contributed by atoms with E-state index in [1.165, 1.54) is 17.7 Å². The van der Waals surface area contributed by atoms with E-state index < -0.39 is 0 Å². The Labute approximate surface area is 228 Å². The lowest BCUT2D eigenvalue weighted by molar-refractivity contribution is 0.183. The minimum absolute atomic E-state index is 0.0377. The van der Waals surface area contributed by atoms with Crippen molar-refractivity contribution in [3.05, 3.63) is 94.9 Å². The molecule has 39 heavy (non-hydrogen) atoms. The molecule has 0 spiro atoms. The molecule has 1 aliphatic rings. The Bertz CT molecular complexity index is 1480. The topological polar surface area (TPSA) is 75.7 Å². The van der Waals surface area contributed by atoms with E-state index in [0.29, 0.717) is 31.0 Å². The molecule has 1 aliphatic heterocycles. The lowest BCUT2D eigenvalue weighted by atomic mass is 9.88. The zero-order valence-electron chi connectivity index (χ0n) is 22.5. The van der Waals surface area contributed by atoms with Gasteiger partial charge in [-0.2, -0.15) is 0 Å². The number of aryl methyl sites for hydroxylation is 1. The van der Waals surface area contributed by atoms with Gasteiger partial charge in [0.05, 0.1) is 25.4 Å². The van der Waals surface area contributed by atoms with E-state index in [9.17, 15) is 9.18 Å².